The van der Waals surface area contributed by atoms with Gasteiger partial charge < -0.3 is 0 Å². The van der Waals surface area contributed by atoms with E-state index in [0.717, 1.165) is 19.0 Å². The molecule has 4 radical (unpaired) electrons. The predicted octanol–water partition coefficient (Wildman–Crippen LogP) is 2.19. The minimum atomic E-state index is 0.804. The fourth-order valence-electron chi connectivity index (χ4n) is 1.12. The molecule has 0 unspecified atom stereocenters. The average molecular weight is 242 g/mol. The molecule has 1 aromatic rings. The summed E-state index contributed by atoms with van der Waals surface area (Å²) in [6.45, 7) is 8.60. The van der Waals surface area contributed by atoms with Crippen molar-refractivity contribution in [2.75, 3.05) is 0 Å². The van der Waals surface area contributed by atoms with Crippen molar-refractivity contribution in [2.24, 2.45) is 0 Å². The molecule has 0 aliphatic carbocycles. The second-order valence-corrected chi connectivity index (χ2v) is 6.62. The number of hydrogen-bond acceptors (Lipinski definition) is 0. The van der Waals surface area contributed by atoms with Crippen molar-refractivity contribution in [1.82, 2.24) is 0 Å². The zero-order chi connectivity index (χ0) is 12.0. The average Bonchev–Trinajstić information content (AvgIpc) is 2.25. The lowest BCUT2D eigenvalue weighted by atomic mass is 10.4. The SMILES string of the molecule is CC(C)=C[Si]c1ccc([Si]C=C(C)C)cc1. The summed E-state index contributed by atoms with van der Waals surface area (Å²) in [6.07, 6.45) is 0. The number of benzene rings is 1. The second kappa shape index (κ2) is 6.66. The number of rotatable bonds is 4. The van der Waals surface area contributed by atoms with Gasteiger partial charge in [-0.25, -0.2) is 0 Å². The van der Waals surface area contributed by atoms with Crippen LogP contribution in [0.2, 0.25) is 0 Å². The van der Waals surface area contributed by atoms with Gasteiger partial charge in [-0.3, -0.25) is 0 Å². The lowest BCUT2D eigenvalue weighted by Gasteiger charge is -1.99. The molecule has 1 aromatic carbocycles. The van der Waals surface area contributed by atoms with Crippen molar-refractivity contribution in [1.29, 1.82) is 0 Å². The maximum absolute atomic E-state index is 2.30. The summed E-state index contributed by atoms with van der Waals surface area (Å²) >= 11 is 0. The van der Waals surface area contributed by atoms with Crippen LogP contribution in [0.3, 0.4) is 0 Å². The molecule has 0 fully saturated rings. The van der Waals surface area contributed by atoms with E-state index in [4.69, 9.17) is 0 Å². The third kappa shape index (κ3) is 5.28. The van der Waals surface area contributed by atoms with Crippen LogP contribution in [0.15, 0.2) is 46.8 Å². The summed E-state index contributed by atoms with van der Waals surface area (Å²) < 4.78 is 0. The summed E-state index contributed by atoms with van der Waals surface area (Å²) in [5.41, 5.74) is 7.39. The molecule has 0 aliphatic rings. The van der Waals surface area contributed by atoms with E-state index in [1.54, 1.807) is 0 Å². The molecular formula is C14H18Si2. The standard InChI is InChI=1S/C14H18Si2/c1-11(2)9-15-13-5-7-14(8-6-13)16-10-12(3)4/h5-10H,1-4H3. The van der Waals surface area contributed by atoms with Crippen molar-refractivity contribution in [3.8, 4) is 0 Å². The highest BCUT2D eigenvalue weighted by atomic mass is 28.2. The van der Waals surface area contributed by atoms with Crippen molar-refractivity contribution >= 4 is 29.4 Å². The van der Waals surface area contributed by atoms with Gasteiger partial charge >= 0.3 is 0 Å². The van der Waals surface area contributed by atoms with Crippen LogP contribution < -0.4 is 10.4 Å². The molecule has 82 valence electrons. The van der Waals surface area contributed by atoms with Crippen LogP contribution in [0.4, 0.5) is 0 Å². The van der Waals surface area contributed by atoms with Crippen LogP contribution >= 0.6 is 0 Å². The van der Waals surface area contributed by atoms with Gasteiger partial charge in [-0.05, 0) is 27.7 Å². The molecule has 0 spiro atoms. The fraction of sp³-hybridized carbons (Fsp3) is 0.286. The van der Waals surface area contributed by atoms with Crippen LogP contribution in [0.25, 0.3) is 0 Å². The number of hydrogen-bond donors (Lipinski definition) is 0. The topological polar surface area (TPSA) is 0 Å². The highest BCUT2D eigenvalue weighted by molar-refractivity contribution is 6.60. The van der Waals surface area contributed by atoms with Crippen molar-refractivity contribution in [3.05, 3.63) is 46.8 Å². The van der Waals surface area contributed by atoms with Gasteiger partial charge in [0, 0.05) is 0 Å². The zero-order valence-electron chi connectivity index (χ0n) is 10.5. The summed E-state index contributed by atoms with van der Waals surface area (Å²) in [4.78, 5) is 0. The molecule has 0 bridgehead atoms. The lowest BCUT2D eigenvalue weighted by molar-refractivity contribution is 1.41. The summed E-state index contributed by atoms with van der Waals surface area (Å²) in [7, 11) is 1.61. The van der Waals surface area contributed by atoms with Crippen LogP contribution in [-0.4, -0.2) is 19.0 Å². The van der Waals surface area contributed by atoms with Crippen LogP contribution in [0, 0.1) is 0 Å². The highest BCUT2D eigenvalue weighted by Crippen LogP contribution is 1.89. The van der Waals surface area contributed by atoms with Crippen molar-refractivity contribution in [3.63, 3.8) is 0 Å². The van der Waals surface area contributed by atoms with Crippen molar-refractivity contribution < 1.29 is 0 Å². The maximum atomic E-state index is 2.30. The van der Waals surface area contributed by atoms with Crippen molar-refractivity contribution in [2.45, 2.75) is 27.7 Å². The first-order chi connectivity index (χ1) is 7.58. The van der Waals surface area contributed by atoms with E-state index in [-0.39, 0.29) is 0 Å². The van der Waals surface area contributed by atoms with Gasteiger partial charge in [-0.1, -0.05) is 57.2 Å². The lowest BCUT2D eigenvalue weighted by Crippen LogP contribution is -2.18. The Bertz CT molecular complexity index is 339. The molecule has 0 amide bonds. The van der Waals surface area contributed by atoms with E-state index in [0.29, 0.717) is 0 Å². The molecule has 0 aromatic heterocycles. The first-order valence-corrected chi connectivity index (χ1v) is 7.63. The summed E-state index contributed by atoms with van der Waals surface area (Å²) in [5.74, 6) is 0. The Morgan fingerprint density at radius 3 is 1.31 bits per heavy atom. The van der Waals surface area contributed by atoms with Gasteiger partial charge in [-0.15, -0.1) is 0 Å². The molecule has 0 N–H and O–H groups in total. The Labute approximate surface area is 104 Å². The van der Waals surface area contributed by atoms with Gasteiger partial charge in [0.25, 0.3) is 0 Å². The second-order valence-electron chi connectivity index (χ2n) is 4.31. The van der Waals surface area contributed by atoms with Crippen LogP contribution in [0.5, 0.6) is 0 Å². The van der Waals surface area contributed by atoms with Gasteiger partial charge in [0.1, 0.15) is 19.0 Å². The van der Waals surface area contributed by atoms with E-state index in [1.807, 2.05) is 0 Å². The molecule has 16 heavy (non-hydrogen) atoms. The molecular weight excluding hydrogens is 224 g/mol. The molecule has 0 atom stereocenters. The Balaban J connectivity index is 2.61. The van der Waals surface area contributed by atoms with Gasteiger partial charge in [0.2, 0.25) is 0 Å². The highest BCUT2D eigenvalue weighted by Gasteiger charge is 1.94. The maximum Gasteiger partial charge on any atom is 0.111 e. The van der Waals surface area contributed by atoms with E-state index in [1.165, 1.54) is 21.5 Å². The van der Waals surface area contributed by atoms with Gasteiger partial charge in [-0.2, -0.15) is 0 Å². The largest absolute Gasteiger partial charge is 0.111 e. The Kier molecular flexibility index (Phi) is 5.49. The third-order valence-corrected chi connectivity index (χ3v) is 4.72. The Morgan fingerprint density at radius 1 is 0.750 bits per heavy atom. The van der Waals surface area contributed by atoms with E-state index in [2.05, 4.69) is 63.4 Å². The zero-order valence-corrected chi connectivity index (χ0v) is 12.5. The summed E-state index contributed by atoms with van der Waals surface area (Å²) in [5, 5.41) is 2.85. The molecule has 0 saturated carbocycles. The first-order valence-electron chi connectivity index (χ1n) is 5.48. The monoisotopic (exact) mass is 242 g/mol. The quantitative estimate of drug-likeness (QED) is 0.710. The molecule has 1 rings (SSSR count). The summed E-state index contributed by atoms with van der Waals surface area (Å²) in [6, 6.07) is 9.00. The molecule has 0 heterocycles. The van der Waals surface area contributed by atoms with Gasteiger partial charge in [0.15, 0.2) is 0 Å². The van der Waals surface area contributed by atoms with E-state index >= 15 is 0 Å². The fourth-order valence-corrected chi connectivity index (χ4v) is 2.75. The predicted molar refractivity (Wildman–Crippen MR) is 76.1 cm³/mol. The Morgan fingerprint density at radius 2 is 1.06 bits per heavy atom. The molecule has 0 nitrogen and oxygen atoms in total. The van der Waals surface area contributed by atoms with Gasteiger partial charge in [0.05, 0.1) is 0 Å². The van der Waals surface area contributed by atoms with Crippen LogP contribution in [0.1, 0.15) is 27.7 Å². The van der Waals surface area contributed by atoms with E-state index in [9.17, 15) is 0 Å². The third-order valence-electron chi connectivity index (χ3n) is 1.94. The molecule has 2 heteroatoms. The van der Waals surface area contributed by atoms with Crippen LogP contribution in [-0.2, 0) is 0 Å². The first kappa shape index (κ1) is 13.2. The normalized spacial score (nSPS) is 9.75. The smallest absolute Gasteiger partial charge is 0.0947 e. The molecule has 0 aliphatic heterocycles. The Hall–Kier alpha value is -0.866. The minimum Gasteiger partial charge on any atom is -0.0947 e. The minimum absolute atomic E-state index is 0.804. The number of allylic oxidation sites excluding steroid dienone is 2. The molecule has 0 saturated heterocycles. The van der Waals surface area contributed by atoms with E-state index < -0.39 is 0 Å².